The molecule has 4 fully saturated rings. The average molecular weight is 1750 g/mol. The summed E-state index contributed by atoms with van der Waals surface area (Å²) in [4.78, 5) is 55.3. The van der Waals surface area contributed by atoms with E-state index >= 15 is 0 Å². The molecule has 113 heavy (non-hydrogen) atoms. The summed E-state index contributed by atoms with van der Waals surface area (Å²) < 4.78 is 82.6. The van der Waals surface area contributed by atoms with Crippen LogP contribution >= 0.6 is 22.6 Å². The van der Waals surface area contributed by atoms with Gasteiger partial charge in [0.2, 0.25) is 0 Å². The summed E-state index contributed by atoms with van der Waals surface area (Å²) in [5, 5.41) is 9.85. The Morgan fingerprint density at radius 3 is 1.14 bits per heavy atom. The molecular weight excluding hydrogens is 1630 g/mol. The molecule has 6 aromatic heterocycles. The van der Waals surface area contributed by atoms with Gasteiger partial charge in [-0.2, -0.15) is 19.2 Å². The number of piperidine rings is 2. The molecule has 0 spiro atoms. The van der Waals surface area contributed by atoms with Gasteiger partial charge < -0.3 is 47.7 Å². The Labute approximate surface area is 687 Å². The highest BCUT2D eigenvalue weighted by Gasteiger charge is 2.48. The number of fused-ring (bicyclic) bond motifs is 6. The second-order valence-corrected chi connectivity index (χ2v) is 63.0. The van der Waals surface area contributed by atoms with Crippen LogP contribution in [-0.4, -0.2) is 223 Å². The number of anilines is 2. The lowest BCUT2D eigenvalue weighted by Crippen LogP contribution is -2.59. The SMILES string of the molecule is CC(C)(C)OC(=O)N1C2COCC1CC(c1nc3c(-c4ccc(-c5ccccc5)nc4)cnn3c(N(COCC[Si](C)(C)C)COCC[Si](C)(C)C)c1I)C2.CC(C)(C)OC(=O)N1C2COCC1CC(c1nc3c(-c4ccc(-c5ccccc5)nc4)cnn3c(N(COCC[Si](C)(C)C)COCC[Si](C)(C)C)c1S(C)(=O)=O)C2. The van der Waals surface area contributed by atoms with Crippen LogP contribution in [0.5, 0.6) is 0 Å². The maximum Gasteiger partial charge on any atom is 0.410 e. The summed E-state index contributed by atoms with van der Waals surface area (Å²) in [6.07, 6.45) is 10.2. The van der Waals surface area contributed by atoms with Gasteiger partial charge in [0.05, 0.1) is 89.3 Å². The lowest BCUT2D eigenvalue weighted by Gasteiger charge is -2.48. The molecule has 4 bridgehead atoms. The zero-order valence-electron chi connectivity index (χ0n) is 70.1. The zero-order valence-corrected chi connectivity index (χ0v) is 77.0. The number of sulfone groups is 1. The second-order valence-electron chi connectivity index (χ2n) is 37.5. The monoisotopic (exact) mass is 1750 g/mol. The summed E-state index contributed by atoms with van der Waals surface area (Å²) in [7, 11) is -9.38. The number of benzene rings is 2. The molecule has 4 aliphatic rings. The van der Waals surface area contributed by atoms with Crippen molar-refractivity contribution in [2.45, 2.75) is 222 Å². The van der Waals surface area contributed by atoms with Crippen LogP contribution in [-0.2, 0) is 47.7 Å². The Kier molecular flexibility index (Phi) is 28.2. The van der Waals surface area contributed by atoms with Gasteiger partial charge in [-0.05, 0) is 126 Å². The Morgan fingerprint density at radius 1 is 0.478 bits per heavy atom. The average Bonchev–Trinajstić information content (AvgIpc) is 1.64. The Morgan fingerprint density at radius 2 is 0.814 bits per heavy atom. The number of nitrogens with zero attached hydrogens (tertiary/aromatic N) is 12. The highest BCUT2D eigenvalue weighted by Crippen LogP contribution is 2.46. The van der Waals surface area contributed by atoms with Crippen molar-refractivity contribution in [3.63, 3.8) is 0 Å². The number of rotatable bonds is 29. The van der Waals surface area contributed by atoms with Gasteiger partial charge in [0, 0.05) is 123 Å². The van der Waals surface area contributed by atoms with Crippen LogP contribution in [0.25, 0.3) is 56.1 Å². The van der Waals surface area contributed by atoms with Crippen LogP contribution in [0.15, 0.2) is 115 Å². The number of morpholine rings is 2. The highest BCUT2D eigenvalue weighted by molar-refractivity contribution is 14.1. The molecule has 4 aliphatic heterocycles. The first kappa shape index (κ1) is 87.3. The Bertz CT molecular complexity index is 4570. The number of hydrogen-bond donors (Lipinski definition) is 0. The summed E-state index contributed by atoms with van der Waals surface area (Å²) in [6, 6.07) is 31.5. The van der Waals surface area contributed by atoms with E-state index in [0.717, 1.165) is 84.1 Å². The van der Waals surface area contributed by atoms with Gasteiger partial charge in [0.1, 0.15) is 43.0 Å². The molecule has 30 heteroatoms. The standard InChI is InChI=1S/C42H62N6O7SSi2.C41H59IN6O5Si2/c1-42(2,3)55-41(49)47-33-22-32(23-34(47)27-54-26-33)37-38(56(4,50)51)40(46(28-52-18-20-57(5,6)7)29-53-19-21-58(8,9)10)48-39(45-37)35(25-44-48)31-16-17-36(43-24-31)30-14-12-11-13-15-30;1-41(2,3)53-40(49)47-32-21-31(22-33(47)26-52-25-32)37-36(42)39(46(27-50-17-19-54(4,5)6)28-51-18-20-55(7,8)9)48-38(45-37)34(24-44-48)30-15-16-35(43-23-30)29-13-11-10-12-14-29/h11-17,24-25,32-34H,18-23,26-29H2,1-10H3;10-16,23-24,31-33H,17-22,25-28H2,1-9H3. The van der Waals surface area contributed by atoms with Gasteiger partial charge in [0.15, 0.2) is 32.8 Å². The molecule has 2 aromatic carbocycles. The van der Waals surface area contributed by atoms with Crippen molar-refractivity contribution in [1.29, 1.82) is 0 Å². The number of pyridine rings is 2. The number of hydrogen-bond acceptors (Lipinski definition) is 20. The molecule has 12 rings (SSSR count). The summed E-state index contributed by atoms with van der Waals surface area (Å²) >= 11 is 2.46. The largest absolute Gasteiger partial charge is 0.444 e. The van der Waals surface area contributed by atoms with Gasteiger partial charge in [-0.1, -0.05) is 151 Å². The van der Waals surface area contributed by atoms with Crippen molar-refractivity contribution < 1.29 is 55.9 Å². The number of ether oxygens (including phenoxy) is 8. The molecule has 4 saturated heterocycles. The Balaban J connectivity index is 0.000000223. The molecule has 0 aliphatic carbocycles. The Hall–Kier alpha value is -6.57. The van der Waals surface area contributed by atoms with Crippen LogP contribution in [0.3, 0.4) is 0 Å². The van der Waals surface area contributed by atoms with Gasteiger partial charge >= 0.3 is 12.2 Å². The summed E-state index contributed by atoms with van der Waals surface area (Å²) in [5.41, 5.74) is 8.59. The second kappa shape index (κ2) is 36.5. The van der Waals surface area contributed by atoms with Crippen LogP contribution in [0, 0.1) is 3.57 Å². The van der Waals surface area contributed by atoms with Gasteiger partial charge in [-0.15, -0.1) is 0 Å². The predicted octanol–water partition coefficient (Wildman–Crippen LogP) is 17.6. The van der Waals surface area contributed by atoms with E-state index in [4.69, 9.17) is 68.0 Å². The van der Waals surface area contributed by atoms with Crippen molar-refractivity contribution in [1.82, 2.24) is 49.0 Å². The van der Waals surface area contributed by atoms with Crippen molar-refractivity contribution in [3.05, 3.63) is 125 Å². The topological polar surface area (TPSA) is 241 Å². The lowest BCUT2D eigenvalue weighted by atomic mass is 9.83. The number of carbonyl (C=O) groups is 2. The van der Waals surface area contributed by atoms with Crippen molar-refractivity contribution in [3.8, 4) is 44.8 Å². The molecule has 2 amide bonds. The van der Waals surface area contributed by atoms with Gasteiger partial charge in [-0.3, -0.25) is 19.8 Å². The van der Waals surface area contributed by atoms with Crippen LogP contribution in [0.4, 0.5) is 21.2 Å². The smallest absolute Gasteiger partial charge is 0.410 e. The van der Waals surface area contributed by atoms with E-state index in [1.54, 1.807) is 15.6 Å². The van der Waals surface area contributed by atoms with E-state index in [-0.39, 0.29) is 60.5 Å². The number of aromatic nitrogens is 8. The van der Waals surface area contributed by atoms with E-state index in [0.29, 0.717) is 115 Å². The highest BCUT2D eigenvalue weighted by atomic mass is 127. The minimum atomic E-state index is -3.94. The quantitative estimate of drug-likeness (QED) is 0.0183. The third-order valence-corrected chi connectivity index (χ3v) is 29.4. The minimum absolute atomic E-state index is 0.0806. The fraction of sp³-hybridized carbons (Fsp3) is 0.566. The van der Waals surface area contributed by atoms with Crippen LogP contribution in [0.2, 0.25) is 103 Å². The molecule has 8 aromatic rings. The molecule has 4 atom stereocenters. The first-order valence-corrected chi connectivity index (χ1v) is 57.7. The molecule has 0 saturated carbocycles. The van der Waals surface area contributed by atoms with E-state index in [1.165, 1.54) is 6.26 Å². The van der Waals surface area contributed by atoms with E-state index in [1.807, 2.05) is 135 Å². The van der Waals surface area contributed by atoms with Gasteiger partial charge in [-0.25, -0.2) is 28.0 Å². The molecule has 10 heterocycles. The van der Waals surface area contributed by atoms with E-state index in [9.17, 15) is 18.0 Å². The first-order valence-electron chi connectivity index (χ1n) is 39.9. The first-order chi connectivity index (χ1) is 53.2. The maximum atomic E-state index is 14.3. The molecular formula is C83H121IN12O12SSi4. The molecule has 24 nitrogen and oxygen atoms in total. The molecule has 4 unspecified atom stereocenters. The molecule has 614 valence electrons. The fourth-order valence-corrected chi connectivity index (χ4v) is 19.8. The maximum absolute atomic E-state index is 14.3. The lowest BCUT2D eigenvalue weighted by molar-refractivity contribution is -0.0831. The zero-order chi connectivity index (χ0) is 81.6. The van der Waals surface area contributed by atoms with Crippen LogP contribution < -0.4 is 9.80 Å². The number of amides is 2. The number of halogens is 1. The van der Waals surface area contributed by atoms with Crippen LogP contribution in [0.1, 0.15) is 90.4 Å². The predicted molar refractivity (Wildman–Crippen MR) is 467 cm³/mol. The van der Waals surface area contributed by atoms with Crippen molar-refractivity contribution in [2.24, 2.45) is 0 Å². The number of carbonyl (C=O) groups excluding carboxylic acids is 2. The van der Waals surface area contributed by atoms with E-state index < -0.39 is 59.4 Å². The van der Waals surface area contributed by atoms with Gasteiger partial charge in [0.25, 0.3) is 0 Å². The van der Waals surface area contributed by atoms with E-state index in [2.05, 4.69) is 130 Å². The minimum Gasteiger partial charge on any atom is -0.444 e. The summed E-state index contributed by atoms with van der Waals surface area (Å²) in [6.45, 7) is 44.3. The molecule has 0 N–H and O–H groups in total. The van der Waals surface area contributed by atoms with Crippen molar-refractivity contribution in [2.75, 3.05) is 95.8 Å². The van der Waals surface area contributed by atoms with Crippen molar-refractivity contribution >= 4 is 99.8 Å². The third-order valence-electron chi connectivity index (χ3n) is 20.5. The normalized spacial score (nSPS) is 19.1. The third kappa shape index (κ3) is 23.4. The fourth-order valence-electron chi connectivity index (χ4n) is 14.5. The summed E-state index contributed by atoms with van der Waals surface area (Å²) in [5.74, 6) is 1.00. The molecule has 0 radical (unpaired) electrons.